The van der Waals surface area contributed by atoms with Crippen molar-refractivity contribution in [2.24, 2.45) is 5.92 Å². The summed E-state index contributed by atoms with van der Waals surface area (Å²) in [5.41, 5.74) is 0.616. The maximum atomic E-state index is 12.2. The zero-order valence-corrected chi connectivity index (χ0v) is 24.4. The molecule has 0 saturated carbocycles. The van der Waals surface area contributed by atoms with Gasteiger partial charge in [0.1, 0.15) is 0 Å². The van der Waals surface area contributed by atoms with Crippen molar-refractivity contribution in [3.8, 4) is 0 Å². The maximum absolute atomic E-state index is 12.2. The van der Waals surface area contributed by atoms with E-state index in [9.17, 15) is 4.79 Å². The molecule has 0 aliphatic carbocycles. The summed E-state index contributed by atoms with van der Waals surface area (Å²) in [7, 11) is -3.84. The van der Waals surface area contributed by atoms with Crippen molar-refractivity contribution >= 4 is 22.6 Å². The Kier molecular flexibility index (Phi) is 10.8. The molecule has 0 heterocycles. The van der Waals surface area contributed by atoms with Gasteiger partial charge in [0.05, 0.1) is 12.7 Å². The van der Waals surface area contributed by atoms with Gasteiger partial charge in [0.15, 0.2) is 16.6 Å². The first-order chi connectivity index (χ1) is 13.2. The zero-order valence-electron chi connectivity index (χ0n) is 22.4. The number of hydrogen-bond donors (Lipinski definition) is 0. The lowest BCUT2D eigenvalue weighted by Gasteiger charge is -2.42. The van der Waals surface area contributed by atoms with Crippen LogP contribution in [0.15, 0.2) is 11.6 Å². The second-order valence-electron chi connectivity index (χ2n) is 11.8. The highest BCUT2D eigenvalue weighted by atomic mass is 28.4. The fraction of sp³-hybridized carbons (Fsp3) is 0.875. The molecule has 0 unspecified atom stereocenters. The molecule has 0 amide bonds. The first-order valence-corrected chi connectivity index (χ1v) is 17.3. The van der Waals surface area contributed by atoms with E-state index < -0.39 is 16.6 Å². The summed E-state index contributed by atoms with van der Waals surface area (Å²) < 4.78 is 18.6. The predicted molar refractivity (Wildman–Crippen MR) is 134 cm³/mol. The van der Waals surface area contributed by atoms with Crippen molar-refractivity contribution in [1.82, 2.24) is 0 Å². The van der Waals surface area contributed by atoms with E-state index in [0.29, 0.717) is 12.2 Å². The molecule has 0 bridgehead atoms. The summed E-state index contributed by atoms with van der Waals surface area (Å²) in [6.45, 7) is 31.0. The lowest BCUT2D eigenvalue weighted by Crippen LogP contribution is -2.46. The van der Waals surface area contributed by atoms with Crippen LogP contribution in [0.5, 0.6) is 0 Å². The number of esters is 1. The van der Waals surface area contributed by atoms with E-state index in [0.717, 1.165) is 6.42 Å². The Hall–Kier alpha value is -0.436. The van der Waals surface area contributed by atoms with Crippen molar-refractivity contribution < 1.29 is 18.4 Å². The molecule has 178 valence electrons. The number of ether oxygens (including phenoxy) is 1. The molecule has 0 aromatic carbocycles. The van der Waals surface area contributed by atoms with E-state index in [-0.39, 0.29) is 34.2 Å². The lowest BCUT2D eigenvalue weighted by atomic mass is 9.96. The van der Waals surface area contributed by atoms with E-state index in [1.54, 1.807) is 0 Å². The second kappa shape index (κ2) is 10.9. The number of rotatable bonds is 10. The van der Waals surface area contributed by atoms with Crippen molar-refractivity contribution in [2.75, 3.05) is 6.61 Å². The fourth-order valence-corrected chi connectivity index (χ4v) is 5.57. The van der Waals surface area contributed by atoms with Gasteiger partial charge in [0, 0.05) is 11.7 Å². The normalized spacial score (nSPS) is 17.5. The van der Waals surface area contributed by atoms with Gasteiger partial charge in [-0.3, -0.25) is 0 Å². The van der Waals surface area contributed by atoms with Crippen LogP contribution in [-0.2, 0) is 18.4 Å². The third-order valence-electron chi connectivity index (χ3n) is 6.82. The molecule has 0 radical (unpaired) electrons. The molecule has 0 fully saturated rings. The first kappa shape index (κ1) is 29.6. The molecule has 0 aromatic heterocycles. The quantitative estimate of drug-likeness (QED) is 0.195. The SMILES string of the molecule is CCOC(=O)/C(C)=C/[C@H](O[Si](C)(C)C(C)(C)C)[C@@H](C)C[C@@H](C)O[Si](C)(C)C(C)(C)C. The molecule has 0 aliphatic heterocycles. The van der Waals surface area contributed by atoms with Crippen LogP contribution in [0.1, 0.15) is 75.7 Å². The Bertz CT molecular complexity index is 583. The van der Waals surface area contributed by atoms with Crippen LogP contribution in [0.4, 0.5) is 0 Å². The standard InChI is InChI=1S/C24H50O4Si2/c1-15-26-22(25)19(3)17-21(28-30(13,14)24(8,9)10)18(2)16-20(4)27-29(11,12)23(5,6)7/h17-18,20-21H,15-16H2,1-14H3/b19-17+/t18-,20+,21-/m0/s1. The fourth-order valence-electron chi connectivity index (χ4n) is 2.78. The van der Waals surface area contributed by atoms with Gasteiger partial charge in [-0.1, -0.05) is 48.5 Å². The van der Waals surface area contributed by atoms with Crippen molar-refractivity contribution in [3.63, 3.8) is 0 Å². The van der Waals surface area contributed by atoms with Gasteiger partial charge in [0.2, 0.25) is 0 Å². The van der Waals surface area contributed by atoms with Crippen molar-refractivity contribution in [1.29, 1.82) is 0 Å². The van der Waals surface area contributed by atoms with Crippen molar-refractivity contribution in [3.05, 3.63) is 11.6 Å². The van der Waals surface area contributed by atoms with Crippen LogP contribution in [0, 0.1) is 5.92 Å². The minimum Gasteiger partial charge on any atom is -0.463 e. The predicted octanol–water partition coefficient (Wildman–Crippen LogP) is 7.32. The average molecular weight is 459 g/mol. The topological polar surface area (TPSA) is 44.8 Å². The average Bonchev–Trinajstić information content (AvgIpc) is 2.51. The highest BCUT2D eigenvalue weighted by Gasteiger charge is 2.41. The Labute approximate surface area is 189 Å². The molecule has 0 aromatic rings. The molecule has 0 spiro atoms. The highest BCUT2D eigenvalue weighted by Crippen LogP contribution is 2.40. The van der Waals surface area contributed by atoms with Gasteiger partial charge in [-0.05, 0) is 75.5 Å². The number of carbonyl (C=O) groups is 1. The van der Waals surface area contributed by atoms with Crippen LogP contribution in [0.3, 0.4) is 0 Å². The van der Waals surface area contributed by atoms with Gasteiger partial charge < -0.3 is 13.6 Å². The lowest BCUT2D eigenvalue weighted by molar-refractivity contribution is -0.138. The van der Waals surface area contributed by atoms with Crippen LogP contribution in [0.25, 0.3) is 0 Å². The Balaban J connectivity index is 5.64. The molecule has 3 atom stereocenters. The van der Waals surface area contributed by atoms with Crippen LogP contribution >= 0.6 is 0 Å². The highest BCUT2D eigenvalue weighted by molar-refractivity contribution is 6.74. The largest absolute Gasteiger partial charge is 0.463 e. The van der Waals surface area contributed by atoms with Crippen LogP contribution in [0.2, 0.25) is 36.3 Å². The maximum Gasteiger partial charge on any atom is 0.333 e. The molecule has 6 heteroatoms. The Morgan fingerprint density at radius 1 is 0.900 bits per heavy atom. The number of hydrogen-bond acceptors (Lipinski definition) is 4. The van der Waals surface area contributed by atoms with E-state index >= 15 is 0 Å². The molecular weight excluding hydrogens is 408 g/mol. The van der Waals surface area contributed by atoms with E-state index in [1.807, 2.05) is 19.9 Å². The van der Waals surface area contributed by atoms with Crippen molar-refractivity contribution in [2.45, 2.75) is 124 Å². The molecule has 0 aliphatic rings. The molecule has 0 saturated heterocycles. The summed E-state index contributed by atoms with van der Waals surface area (Å²) in [5.74, 6) is -0.0395. The zero-order chi connectivity index (χ0) is 24.1. The summed E-state index contributed by atoms with van der Waals surface area (Å²) in [4.78, 5) is 12.2. The minimum atomic E-state index is -2.01. The minimum absolute atomic E-state index is 0.0971. The monoisotopic (exact) mass is 458 g/mol. The summed E-state index contributed by atoms with van der Waals surface area (Å²) in [5, 5.41) is 0.280. The third-order valence-corrected chi connectivity index (χ3v) is 15.9. The molecule has 0 rings (SSSR count). The smallest absolute Gasteiger partial charge is 0.333 e. The summed E-state index contributed by atoms with van der Waals surface area (Å²) in [6.07, 6.45) is 2.86. The van der Waals surface area contributed by atoms with Crippen LogP contribution < -0.4 is 0 Å². The second-order valence-corrected chi connectivity index (χ2v) is 21.3. The van der Waals surface area contributed by atoms with Crippen LogP contribution in [-0.4, -0.2) is 41.4 Å². The van der Waals surface area contributed by atoms with Gasteiger partial charge in [-0.2, -0.15) is 0 Å². The third kappa shape index (κ3) is 8.97. The Morgan fingerprint density at radius 2 is 1.33 bits per heavy atom. The van der Waals surface area contributed by atoms with E-state index in [2.05, 4.69) is 81.6 Å². The molecule has 30 heavy (non-hydrogen) atoms. The number of carbonyl (C=O) groups excluding carboxylic acids is 1. The van der Waals surface area contributed by atoms with E-state index in [1.165, 1.54) is 0 Å². The van der Waals surface area contributed by atoms with E-state index in [4.69, 9.17) is 13.6 Å². The molecular formula is C24H50O4Si2. The summed E-state index contributed by atoms with van der Waals surface area (Å²) in [6, 6.07) is 0. The molecule has 0 N–H and O–H groups in total. The summed E-state index contributed by atoms with van der Waals surface area (Å²) >= 11 is 0. The molecule has 4 nitrogen and oxygen atoms in total. The first-order valence-electron chi connectivity index (χ1n) is 11.5. The van der Waals surface area contributed by atoms with Gasteiger partial charge in [-0.25, -0.2) is 4.79 Å². The Morgan fingerprint density at radius 3 is 1.73 bits per heavy atom. The van der Waals surface area contributed by atoms with Gasteiger partial charge in [0.25, 0.3) is 0 Å². The van der Waals surface area contributed by atoms with Gasteiger partial charge in [-0.15, -0.1) is 0 Å². The van der Waals surface area contributed by atoms with Gasteiger partial charge >= 0.3 is 5.97 Å².